The van der Waals surface area contributed by atoms with E-state index in [1.54, 1.807) is 0 Å². The molecule has 16 heavy (non-hydrogen) atoms. The molecule has 0 saturated carbocycles. The maximum atomic E-state index is 4.65. The minimum Gasteiger partial charge on any atom is -0.339 e. The molecule has 0 aliphatic carbocycles. The highest BCUT2D eigenvalue weighted by Crippen LogP contribution is 2.16. The minimum absolute atomic E-state index is 0.556. The molecule has 1 aliphatic heterocycles. The number of hydrogen-bond donors (Lipinski definition) is 1. The maximum absolute atomic E-state index is 4.65. The Hall–Kier alpha value is -1.03. The van der Waals surface area contributed by atoms with Crippen LogP contribution in [0.4, 0.5) is 5.95 Å². The Morgan fingerprint density at radius 2 is 2.38 bits per heavy atom. The van der Waals surface area contributed by atoms with E-state index in [-0.39, 0.29) is 0 Å². The van der Waals surface area contributed by atoms with Crippen LogP contribution >= 0.6 is 0 Å². The van der Waals surface area contributed by atoms with Gasteiger partial charge < -0.3 is 14.8 Å². The van der Waals surface area contributed by atoms with Crippen LogP contribution in [0.5, 0.6) is 0 Å². The zero-order chi connectivity index (χ0) is 11.5. The van der Waals surface area contributed by atoms with Gasteiger partial charge in [-0.3, -0.25) is 0 Å². The second kappa shape index (κ2) is 4.87. The summed E-state index contributed by atoms with van der Waals surface area (Å²) >= 11 is 0. The van der Waals surface area contributed by atoms with Crippen LogP contribution in [-0.4, -0.2) is 35.2 Å². The molecule has 4 heteroatoms. The first-order valence-electron chi connectivity index (χ1n) is 6.22. The summed E-state index contributed by atoms with van der Waals surface area (Å²) in [5, 5.41) is 3.46. The molecule has 0 radical (unpaired) electrons. The van der Waals surface area contributed by atoms with Crippen molar-refractivity contribution in [3.05, 3.63) is 11.9 Å². The fourth-order valence-corrected chi connectivity index (χ4v) is 2.31. The zero-order valence-electron chi connectivity index (χ0n) is 10.5. The largest absolute Gasteiger partial charge is 0.339 e. The van der Waals surface area contributed by atoms with Crippen LogP contribution in [0.1, 0.15) is 26.0 Å². The summed E-state index contributed by atoms with van der Waals surface area (Å²) in [5.74, 6) is 1.15. The van der Waals surface area contributed by atoms with E-state index in [1.165, 1.54) is 0 Å². The zero-order valence-corrected chi connectivity index (χ0v) is 10.5. The molecular weight excluding hydrogens is 200 g/mol. The Morgan fingerprint density at radius 1 is 1.56 bits per heavy atom. The van der Waals surface area contributed by atoms with Crippen LogP contribution in [0.2, 0.25) is 0 Å². The van der Waals surface area contributed by atoms with Gasteiger partial charge in [-0.25, -0.2) is 4.98 Å². The predicted molar refractivity (Wildman–Crippen MR) is 66.9 cm³/mol. The normalized spacial score (nSPS) is 21.4. The lowest BCUT2D eigenvalue weighted by Gasteiger charge is -2.32. The van der Waals surface area contributed by atoms with Crippen molar-refractivity contribution < 1.29 is 0 Å². The second-order valence-electron chi connectivity index (χ2n) is 4.68. The fourth-order valence-electron chi connectivity index (χ4n) is 2.31. The van der Waals surface area contributed by atoms with Crippen LogP contribution in [-0.2, 0) is 6.54 Å². The van der Waals surface area contributed by atoms with Gasteiger partial charge in [0.25, 0.3) is 0 Å². The van der Waals surface area contributed by atoms with Crippen molar-refractivity contribution in [1.29, 1.82) is 0 Å². The van der Waals surface area contributed by atoms with E-state index in [4.69, 9.17) is 0 Å². The quantitative estimate of drug-likeness (QED) is 0.839. The molecule has 0 unspecified atom stereocenters. The van der Waals surface area contributed by atoms with Crippen molar-refractivity contribution in [2.75, 3.05) is 24.5 Å². The van der Waals surface area contributed by atoms with Gasteiger partial charge in [-0.2, -0.15) is 0 Å². The van der Waals surface area contributed by atoms with Gasteiger partial charge in [-0.1, -0.05) is 6.92 Å². The molecule has 1 aromatic heterocycles. The fraction of sp³-hybridized carbons (Fsp3) is 0.750. The number of anilines is 1. The SMILES string of the molecule is CCCn1cc(C)nc1N1CCN[C@@H](C)C1. The first-order chi connectivity index (χ1) is 7.70. The summed E-state index contributed by atoms with van der Waals surface area (Å²) in [7, 11) is 0. The summed E-state index contributed by atoms with van der Waals surface area (Å²) in [6.07, 6.45) is 3.32. The standard InChI is InChI=1S/C12H22N4/c1-4-6-15-9-11(3)14-12(15)16-7-5-13-10(2)8-16/h9-10,13H,4-8H2,1-3H3/t10-/m0/s1. The van der Waals surface area contributed by atoms with Gasteiger partial charge in [-0.15, -0.1) is 0 Å². The third-order valence-corrected chi connectivity index (χ3v) is 2.99. The van der Waals surface area contributed by atoms with Crippen molar-refractivity contribution in [3.8, 4) is 0 Å². The Bertz CT molecular complexity index is 345. The number of imidazole rings is 1. The van der Waals surface area contributed by atoms with Crippen LogP contribution in [0.15, 0.2) is 6.20 Å². The van der Waals surface area contributed by atoms with E-state index in [2.05, 4.69) is 46.7 Å². The molecule has 90 valence electrons. The lowest BCUT2D eigenvalue weighted by Crippen LogP contribution is -2.50. The van der Waals surface area contributed by atoms with Crippen LogP contribution in [0, 0.1) is 6.92 Å². The Labute approximate surface area is 97.7 Å². The minimum atomic E-state index is 0.556. The Balaban J connectivity index is 2.17. The molecule has 1 aliphatic rings. The number of nitrogens with zero attached hydrogens (tertiary/aromatic N) is 3. The molecule has 4 nitrogen and oxygen atoms in total. The van der Waals surface area contributed by atoms with Gasteiger partial charge >= 0.3 is 0 Å². The van der Waals surface area contributed by atoms with E-state index in [0.29, 0.717) is 6.04 Å². The first-order valence-corrected chi connectivity index (χ1v) is 6.22. The highest BCUT2D eigenvalue weighted by Gasteiger charge is 2.19. The third kappa shape index (κ3) is 2.38. The number of hydrogen-bond acceptors (Lipinski definition) is 3. The first kappa shape index (κ1) is 11.5. The van der Waals surface area contributed by atoms with Crippen LogP contribution < -0.4 is 10.2 Å². The molecule has 1 N–H and O–H groups in total. The predicted octanol–water partition coefficient (Wildman–Crippen LogP) is 1.40. The molecule has 0 amide bonds. The molecule has 1 aromatic rings. The van der Waals surface area contributed by atoms with E-state index in [0.717, 1.165) is 44.2 Å². The maximum Gasteiger partial charge on any atom is 0.205 e. The molecule has 2 heterocycles. The van der Waals surface area contributed by atoms with E-state index >= 15 is 0 Å². The molecule has 1 saturated heterocycles. The number of aromatic nitrogens is 2. The second-order valence-corrected chi connectivity index (χ2v) is 4.68. The Morgan fingerprint density at radius 3 is 3.06 bits per heavy atom. The monoisotopic (exact) mass is 222 g/mol. The molecule has 0 aromatic carbocycles. The average molecular weight is 222 g/mol. The van der Waals surface area contributed by atoms with Crippen molar-refractivity contribution in [3.63, 3.8) is 0 Å². The number of piperazine rings is 1. The van der Waals surface area contributed by atoms with E-state index in [1.807, 2.05) is 0 Å². The van der Waals surface area contributed by atoms with Gasteiger partial charge in [0.15, 0.2) is 0 Å². The molecular formula is C12H22N4. The molecule has 1 fully saturated rings. The molecule has 0 bridgehead atoms. The van der Waals surface area contributed by atoms with Gasteiger partial charge in [0.05, 0.1) is 5.69 Å². The van der Waals surface area contributed by atoms with Crippen molar-refractivity contribution in [2.45, 2.75) is 39.8 Å². The summed E-state index contributed by atoms with van der Waals surface area (Å²) in [6.45, 7) is 10.7. The lowest BCUT2D eigenvalue weighted by atomic mass is 10.2. The van der Waals surface area contributed by atoms with E-state index in [9.17, 15) is 0 Å². The topological polar surface area (TPSA) is 33.1 Å². The number of aryl methyl sites for hydroxylation is 2. The van der Waals surface area contributed by atoms with Crippen molar-refractivity contribution in [1.82, 2.24) is 14.9 Å². The molecule has 0 spiro atoms. The molecule has 1 atom stereocenters. The van der Waals surface area contributed by atoms with Crippen LogP contribution in [0.3, 0.4) is 0 Å². The lowest BCUT2D eigenvalue weighted by molar-refractivity contribution is 0.473. The van der Waals surface area contributed by atoms with E-state index < -0.39 is 0 Å². The number of rotatable bonds is 3. The highest BCUT2D eigenvalue weighted by atomic mass is 15.3. The van der Waals surface area contributed by atoms with Crippen molar-refractivity contribution in [2.24, 2.45) is 0 Å². The molecule has 2 rings (SSSR count). The number of nitrogens with one attached hydrogen (secondary N) is 1. The Kier molecular flexibility index (Phi) is 3.49. The summed E-state index contributed by atoms with van der Waals surface area (Å²) in [5.41, 5.74) is 1.12. The summed E-state index contributed by atoms with van der Waals surface area (Å²) in [6, 6.07) is 0.556. The van der Waals surface area contributed by atoms with Gasteiger partial charge in [0, 0.05) is 38.4 Å². The smallest absolute Gasteiger partial charge is 0.205 e. The van der Waals surface area contributed by atoms with Crippen molar-refractivity contribution >= 4 is 5.95 Å². The third-order valence-electron chi connectivity index (χ3n) is 2.99. The van der Waals surface area contributed by atoms with Gasteiger partial charge in [-0.05, 0) is 20.3 Å². The highest BCUT2D eigenvalue weighted by molar-refractivity contribution is 5.34. The van der Waals surface area contributed by atoms with Gasteiger partial charge in [0.1, 0.15) is 0 Å². The summed E-state index contributed by atoms with van der Waals surface area (Å²) < 4.78 is 2.29. The summed E-state index contributed by atoms with van der Waals surface area (Å²) in [4.78, 5) is 7.04. The average Bonchev–Trinajstić information content (AvgIpc) is 2.60. The van der Waals surface area contributed by atoms with Crippen LogP contribution in [0.25, 0.3) is 0 Å². The van der Waals surface area contributed by atoms with Gasteiger partial charge in [0.2, 0.25) is 5.95 Å².